The second-order valence-electron chi connectivity index (χ2n) is 7.36. The molecule has 0 amide bonds. The number of para-hydroxylation sites is 2. The normalized spacial score (nSPS) is 16.7. The van der Waals surface area contributed by atoms with Gasteiger partial charge in [-0.1, -0.05) is 66.7 Å². The molecule has 0 saturated carbocycles. The lowest BCUT2D eigenvalue weighted by atomic mass is 9.80. The molecule has 2 nitrogen and oxygen atoms in total. The number of hydrogen-bond donors (Lipinski definition) is 2. The second-order valence-corrected chi connectivity index (χ2v) is 7.36. The first-order valence-electron chi connectivity index (χ1n) is 9.63. The van der Waals surface area contributed by atoms with Gasteiger partial charge in [0.15, 0.2) is 0 Å². The van der Waals surface area contributed by atoms with Crippen molar-refractivity contribution in [3.05, 3.63) is 107 Å². The first-order chi connectivity index (χ1) is 14.3. The van der Waals surface area contributed by atoms with Crippen LogP contribution in [-0.4, -0.2) is 0 Å². The standard InChI is InChI=1S/C25H21F3N2/c26-25(27,28)22-10-4-1-7-19(22)16-13-17(20-8-2-5-11-23(20)29)15-18(14-16)21-9-3-6-12-24(21)30/h1-13,15,18H,14,29-30H2. The van der Waals surface area contributed by atoms with Crippen LogP contribution in [-0.2, 0) is 6.18 Å². The predicted molar refractivity (Wildman–Crippen MR) is 116 cm³/mol. The largest absolute Gasteiger partial charge is 0.416 e. The molecule has 0 heterocycles. The van der Waals surface area contributed by atoms with Crippen molar-refractivity contribution >= 4 is 22.5 Å². The summed E-state index contributed by atoms with van der Waals surface area (Å²) in [5.41, 5.74) is 16.2. The fourth-order valence-electron chi connectivity index (χ4n) is 3.98. The molecular formula is C25H21F3N2. The average molecular weight is 406 g/mol. The zero-order valence-electron chi connectivity index (χ0n) is 16.2. The molecule has 0 aromatic heterocycles. The van der Waals surface area contributed by atoms with E-state index in [1.165, 1.54) is 12.1 Å². The van der Waals surface area contributed by atoms with Crippen molar-refractivity contribution in [2.75, 3.05) is 11.5 Å². The van der Waals surface area contributed by atoms with Crippen LogP contribution in [0.15, 0.2) is 84.9 Å². The van der Waals surface area contributed by atoms with Crippen LogP contribution in [0.25, 0.3) is 11.1 Å². The molecule has 0 saturated heterocycles. The fourth-order valence-corrected chi connectivity index (χ4v) is 3.98. The van der Waals surface area contributed by atoms with Crippen molar-refractivity contribution in [1.82, 2.24) is 0 Å². The number of hydrogen-bond acceptors (Lipinski definition) is 2. The molecule has 30 heavy (non-hydrogen) atoms. The molecule has 152 valence electrons. The Labute approximate surface area is 173 Å². The van der Waals surface area contributed by atoms with Crippen molar-refractivity contribution in [2.45, 2.75) is 18.5 Å². The maximum absolute atomic E-state index is 13.7. The molecule has 1 atom stereocenters. The fraction of sp³-hybridized carbons (Fsp3) is 0.120. The number of rotatable bonds is 3. The van der Waals surface area contributed by atoms with Gasteiger partial charge in [-0.05, 0) is 46.9 Å². The summed E-state index contributed by atoms with van der Waals surface area (Å²) in [7, 11) is 0. The summed E-state index contributed by atoms with van der Waals surface area (Å²) in [6, 6.07) is 20.5. The van der Waals surface area contributed by atoms with Gasteiger partial charge in [-0.25, -0.2) is 0 Å². The number of nitrogen functional groups attached to an aromatic ring is 2. The summed E-state index contributed by atoms with van der Waals surface area (Å²) in [6.45, 7) is 0. The molecule has 0 spiro atoms. The Kier molecular flexibility index (Phi) is 5.12. The van der Waals surface area contributed by atoms with E-state index in [0.29, 0.717) is 23.4 Å². The lowest BCUT2D eigenvalue weighted by molar-refractivity contribution is -0.137. The van der Waals surface area contributed by atoms with Gasteiger partial charge < -0.3 is 11.5 Å². The second kappa shape index (κ2) is 7.75. The molecule has 4 rings (SSSR count). The highest BCUT2D eigenvalue weighted by Gasteiger charge is 2.34. The van der Waals surface area contributed by atoms with E-state index in [4.69, 9.17) is 11.5 Å². The molecule has 0 radical (unpaired) electrons. The van der Waals surface area contributed by atoms with Gasteiger partial charge in [-0.2, -0.15) is 13.2 Å². The first-order valence-corrected chi connectivity index (χ1v) is 9.63. The van der Waals surface area contributed by atoms with E-state index >= 15 is 0 Å². The van der Waals surface area contributed by atoms with Gasteiger partial charge in [0.25, 0.3) is 0 Å². The summed E-state index contributed by atoms with van der Waals surface area (Å²) < 4.78 is 41.1. The Hall–Kier alpha value is -3.47. The van der Waals surface area contributed by atoms with Gasteiger partial charge in [0.05, 0.1) is 5.56 Å². The molecule has 0 bridgehead atoms. The third kappa shape index (κ3) is 3.83. The number of allylic oxidation sites excluding steroid dienone is 4. The number of anilines is 2. The minimum absolute atomic E-state index is 0.165. The number of benzene rings is 3. The van der Waals surface area contributed by atoms with Crippen molar-refractivity contribution < 1.29 is 13.2 Å². The Bertz CT molecular complexity index is 1140. The minimum atomic E-state index is -4.44. The Morgan fingerprint density at radius 1 is 0.733 bits per heavy atom. The Morgan fingerprint density at radius 2 is 1.33 bits per heavy atom. The third-order valence-electron chi connectivity index (χ3n) is 5.40. The van der Waals surface area contributed by atoms with Crippen LogP contribution in [0, 0.1) is 0 Å². The summed E-state index contributed by atoms with van der Waals surface area (Å²) >= 11 is 0. The van der Waals surface area contributed by atoms with Crippen LogP contribution < -0.4 is 11.5 Å². The Balaban J connectivity index is 1.89. The van der Waals surface area contributed by atoms with E-state index in [9.17, 15) is 13.2 Å². The van der Waals surface area contributed by atoms with Crippen molar-refractivity contribution in [3.8, 4) is 0 Å². The van der Waals surface area contributed by atoms with Crippen LogP contribution in [0.1, 0.15) is 34.6 Å². The molecule has 5 heteroatoms. The minimum Gasteiger partial charge on any atom is -0.398 e. The maximum atomic E-state index is 13.7. The highest BCUT2D eigenvalue weighted by atomic mass is 19.4. The maximum Gasteiger partial charge on any atom is 0.416 e. The smallest absolute Gasteiger partial charge is 0.398 e. The van der Waals surface area contributed by atoms with Crippen molar-refractivity contribution in [1.29, 1.82) is 0 Å². The van der Waals surface area contributed by atoms with Gasteiger partial charge in [0.1, 0.15) is 0 Å². The molecule has 1 aliphatic carbocycles. The summed E-state index contributed by atoms with van der Waals surface area (Å²) in [6.07, 6.45) is -0.174. The van der Waals surface area contributed by atoms with Crippen LogP contribution in [0.2, 0.25) is 0 Å². The van der Waals surface area contributed by atoms with E-state index in [-0.39, 0.29) is 11.5 Å². The molecule has 1 aliphatic rings. The predicted octanol–water partition coefficient (Wildman–Crippen LogP) is 6.52. The van der Waals surface area contributed by atoms with Gasteiger partial charge in [-0.3, -0.25) is 0 Å². The number of halogens is 3. The van der Waals surface area contributed by atoms with Gasteiger partial charge in [0.2, 0.25) is 0 Å². The lowest BCUT2D eigenvalue weighted by Gasteiger charge is -2.26. The molecular weight excluding hydrogens is 385 g/mol. The topological polar surface area (TPSA) is 52.0 Å². The molecule has 3 aromatic rings. The van der Waals surface area contributed by atoms with E-state index in [1.807, 2.05) is 48.6 Å². The third-order valence-corrected chi connectivity index (χ3v) is 5.40. The zero-order chi connectivity index (χ0) is 21.3. The van der Waals surface area contributed by atoms with Crippen LogP contribution in [0.5, 0.6) is 0 Å². The lowest BCUT2D eigenvalue weighted by Crippen LogP contribution is -2.12. The number of alkyl halides is 3. The van der Waals surface area contributed by atoms with E-state index < -0.39 is 11.7 Å². The molecule has 1 unspecified atom stereocenters. The summed E-state index contributed by atoms with van der Waals surface area (Å²) in [5.74, 6) is -0.165. The molecule has 0 aliphatic heterocycles. The SMILES string of the molecule is Nc1ccccc1C1=CC(c2ccccc2N)CC(c2ccccc2C(F)(F)F)=C1. The molecule has 0 fully saturated rings. The highest BCUT2D eigenvalue weighted by molar-refractivity contribution is 5.91. The van der Waals surface area contributed by atoms with Gasteiger partial charge in [0, 0.05) is 22.9 Å². The van der Waals surface area contributed by atoms with Crippen molar-refractivity contribution in [2.24, 2.45) is 0 Å². The zero-order valence-corrected chi connectivity index (χ0v) is 16.2. The number of nitrogens with two attached hydrogens (primary N) is 2. The van der Waals surface area contributed by atoms with Gasteiger partial charge >= 0.3 is 6.18 Å². The molecule has 4 N–H and O–H groups in total. The monoisotopic (exact) mass is 406 g/mol. The van der Waals surface area contributed by atoms with Crippen LogP contribution >= 0.6 is 0 Å². The summed E-state index contributed by atoms with van der Waals surface area (Å²) in [5, 5.41) is 0. The van der Waals surface area contributed by atoms with Crippen LogP contribution in [0.3, 0.4) is 0 Å². The van der Waals surface area contributed by atoms with Gasteiger partial charge in [-0.15, -0.1) is 0 Å². The van der Waals surface area contributed by atoms with E-state index in [0.717, 1.165) is 22.8 Å². The Morgan fingerprint density at radius 3 is 2.00 bits per heavy atom. The van der Waals surface area contributed by atoms with E-state index in [1.54, 1.807) is 18.2 Å². The van der Waals surface area contributed by atoms with Crippen molar-refractivity contribution in [3.63, 3.8) is 0 Å². The van der Waals surface area contributed by atoms with E-state index in [2.05, 4.69) is 0 Å². The molecule has 3 aromatic carbocycles. The average Bonchev–Trinajstić information content (AvgIpc) is 2.73. The highest BCUT2D eigenvalue weighted by Crippen LogP contribution is 2.44. The van der Waals surface area contributed by atoms with Crippen LogP contribution in [0.4, 0.5) is 24.5 Å². The quantitative estimate of drug-likeness (QED) is 0.486. The first kappa shape index (κ1) is 19.8. The summed E-state index contributed by atoms with van der Waals surface area (Å²) in [4.78, 5) is 0.